The second-order valence-electron chi connectivity index (χ2n) is 4.54. The first-order valence-corrected chi connectivity index (χ1v) is 6.80. The third-order valence-corrected chi connectivity index (χ3v) is 3.29. The van der Waals surface area contributed by atoms with Crippen LogP contribution in [0.2, 0.25) is 0 Å². The molecule has 0 bridgehead atoms. The van der Waals surface area contributed by atoms with Gasteiger partial charge in [0.15, 0.2) is 0 Å². The molecule has 0 radical (unpaired) electrons. The van der Waals surface area contributed by atoms with E-state index < -0.39 is 0 Å². The van der Waals surface area contributed by atoms with Gasteiger partial charge in [-0.2, -0.15) is 0 Å². The molecular formula is C16H21N3. The Morgan fingerprint density at radius 2 is 1.79 bits per heavy atom. The summed E-state index contributed by atoms with van der Waals surface area (Å²) >= 11 is 0. The van der Waals surface area contributed by atoms with Gasteiger partial charge >= 0.3 is 0 Å². The monoisotopic (exact) mass is 255 g/mol. The van der Waals surface area contributed by atoms with Crippen LogP contribution in [-0.2, 0) is 0 Å². The third-order valence-electron chi connectivity index (χ3n) is 3.29. The molecule has 1 aromatic carbocycles. The van der Waals surface area contributed by atoms with Gasteiger partial charge < -0.3 is 10.6 Å². The first-order chi connectivity index (χ1) is 9.26. The van der Waals surface area contributed by atoms with Crippen molar-refractivity contribution >= 4 is 11.4 Å². The van der Waals surface area contributed by atoms with E-state index in [1.807, 2.05) is 30.5 Å². The Bertz CT molecular complexity index is 493. The molecule has 1 atom stereocenters. The molecule has 0 amide bonds. The fraction of sp³-hybridized carbons (Fsp3) is 0.312. The summed E-state index contributed by atoms with van der Waals surface area (Å²) < 4.78 is 0. The van der Waals surface area contributed by atoms with Crippen LogP contribution in [0.4, 0.5) is 11.4 Å². The van der Waals surface area contributed by atoms with Crippen molar-refractivity contribution in [1.29, 1.82) is 0 Å². The zero-order valence-electron chi connectivity index (χ0n) is 11.6. The quantitative estimate of drug-likeness (QED) is 0.886. The summed E-state index contributed by atoms with van der Waals surface area (Å²) in [7, 11) is 0. The minimum atomic E-state index is 0.0286. The molecule has 0 fully saturated rings. The van der Waals surface area contributed by atoms with Gasteiger partial charge in [0.2, 0.25) is 0 Å². The van der Waals surface area contributed by atoms with E-state index in [1.54, 1.807) is 0 Å². The number of hydrogen-bond donors (Lipinski definition) is 1. The maximum Gasteiger partial charge on any atom is 0.0597 e. The van der Waals surface area contributed by atoms with E-state index in [0.717, 1.165) is 24.3 Å². The van der Waals surface area contributed by atoms with Crippen molar-refractivity contribution in [1.82, 2.24) is 4.98 Å². The van der Waals surface area contributed by atoms with E-state index in [-0.39, 0.29) is 6.04 Å². The average molecular weight is 255 g/mol. The molecule has 0 aliphatic heterocycles. The van der Waals surface area contributed by atoms with E-state index in [4.69, 9.17) is 5.73 Å². The Morgan fingerprint density at radius 1 is 1.05 bits per heavy atom. The molecule has 0 aliphatic rings. The molecule has 19 heavy (non-hydrogen) atoms. The molecule has 2 N–H and O–H groups in total. The largest absolute Gasteiger partial charge is 0.341 e. The highest BCUT2D eigenvalue weighted by Crippen LogP contribution is 2.24. The summed E-state index contributed by atoms with van der Waals surface area (Å²) in [6, 6.07) is 14.5. The third kappa shape index (κ3) is 3.12. The summed E-state index contributed by atoms with van der Waals surface area (Å²) in [5, 5.41) is 0. The summed E-state index contributed by atoms with van der Waals surface area (Å²) in [4.78, 5) is 6.71. The van der Waals surface area contributed by atoms with E-state index in [1.165, 1.54) is 5.69 Å². The predicted octanol–water partition coefficient (Wildman–Crippen LogP) is 3.65. The first-order valence-electron chi connectivity index (χ1n) is 6.80. The van der Waals surface area contributed by atoms with Gasteiger partial charge in [0.25, 0.3) is 0 Å². The fourth-order valence-corrected chi connectivity index (χ4v) is 2.11. The molecule has 0 saturated carbocycles. The topological polar surface area (TPSA) is 42.1 Å². The van der Waals surface area contributed by atoms with Gasteiger partial charge in [0.1, 0.15) is 0 Å². The summed E-state index contributed by atoms with van der Waals surface area (Å²) in [5.74, 6) is 0. The lowest BCUT2D eigenvalue weighted by Gasteiger charge is -2.23. The zero-order chi connectivity index (χ0) is 13.7. The summed E-state index contributed by atoms with van der Waals surface area (Å²) in [6.45, 7) is 5.12. The van der Waals surface area contributed by atoms with Crippen LogP contribution in [0.5, 0.6) is 0 Å². The minimum Gasteiger partial charge on any atom is -0.341 e. The van der Waals surface area contributed by atoms with Gasteiger partial charge in [0.05, 0.1) is 17.6 Å². The number of anilines is 2. The minimum absolute atomic E-state index is 0.0286. The first kappa shape index (κ1) is 13.6. The number of para-hydroxylation sites is 1. The Morgan fingerprint density at radius 3 is 2.32 bits per heavy atom. The van der Waals surface area contributed by atoms with Crippen molar-refractivity contribution in [2.24, 2.45) is 5.73 Å². The molecule has 0 unspecified atom stereocenters. The highest BCUT2D eigenvalue weighted by molar-refractivity contribution is 5.62. The highest BCUT2D eigenvalue weighted by Gasteiger charge is 2.09. The van der Waals surface area contributed by atoms with E-state index in [9.17, 15) is 0 Å². The van der Waals surface area contributed by atoms with Gasteiger partial charge in [-0.3, -0.25) is 4.98 Å². The standard InChI is InChI=1S/C16H21N3/c1-3-15(17)16-11-10-14(12-18-16)19(4-2)13-8-6-5-7-9-13/h5-12,15H,3-4,17H2,1-2H3/t15-/m1/s1. The van der Waals surface area contributed by atoms with Crippen LogP contribution in [0.25, 0.3) is 0 Å². The second-order valence-corrected chi connectivity index (χ2v) is 4.54. The lowest BCUT2D eigenvalue weighted by atomic mass is 10.1. The Labute approximate surface area is 115 Å². The molecule has 3 heteroatoms. The number of benzene rings is 1. The number of aromatic nitrogens is 1. The van der Waals surface area contributed by atoms with Crippen molar-refractivity contribution in [3.63, 3.8) is 0 Å². The molecular weight excluding hydrogens is 234 g/mol. The van der Waals surface area contributed by atoms with Crippen LogP contribution in [-0.4, -0.2) is 11.5 Å². The van der Waals surface area contributed by atoms with Crippen molar-refractivity contribution in [3.05, 3.63) is 54.4 Å². The van der Waals surface area contributed by atoms with E-state index >= 15 is 0 Å². The second kappa shape index (κ2) is 6.34. The van der Waals surface area contributed by atoms with Gasteiger partial charge in [-0.1, -0.05) is 25.1 Å². The van der Waals surface area contributed by atoms with Gasteiger partial charge in [-0.15, -0.1) is 0 Å². The normalized spacial score (nSPS) is 12.2. The zero-order valence-corrected chi connectivity index (χ0v) is 11.6. The fourth-order valence-electron chi connectivity index (χ4n) is 2.11. The molecule has 2 rings (SSSR count). The summed E-state index contributed by atoms with van der Waals surface area (Å²) in [6.07, 6.45) is 2.81. The average Bonchev–Trinajstić information content (AvgIpc) is 2.49. The van der Waals surface area contributed by atoms with Crippen LogP contribution in [0.3, 0.4) is 0 Å². The molecule has 0 spiro atoms. The van der Waals surface area contributed by atoms with E-state index in [2.05, 4.69) is 41.9 Å². The van der Waals surface area contributed by atoms with Crippen LogP contribution < -0.4 is 10.6 Å². The number of nitrogens with two attached hydrogens (primary N) is 1. The SMILES string of the molecule is CC[C@@H](N)c1ccc(N(CC)c2ccccc2)cn1. The summed E-state index contributed by atoms with van der Waals surface area (Å²) in [5.41, 5.74) is 9.22. The number of rotatable bonds is 5. The van der Waals surface area contributed by atoms with Crippen molar-refractivity contribution < 1.29 is 0 Å². The maximum atomic E-state index is 5.99. The van der Waals surface area contributed by atoms with Gasteiger partial charge in [-0.05, 0) is 37.6 Å². The van der Waals surface area contributed by atoms with Crippen molar-refractivity contribution in [2.45, 2.75) is 26.3 Å². The lowest BCUT2D eigenvalue weighted by Crippen LogP contribution is -2.17. The maximum absolute atomic E-state index is 5.99. The van der Waals surface area contributed by atoms with Crippen molar-refractivity contribution in [3.8, 4) is 0 Å². The molecule has 1 aromatic heterocycles. The van der Waals surface area contributed by atoms with Crippen LogP contribution in [0, 0.1) is 0 Å². The Balaban J connectivity index is 2.25. The van der Waals surface area contributed by atoms with Crippen LogP contribution in [0.1, 0.15) is 32.0 Å². The molecule has 3 nitrogen and oxygen atoms in total. The van der Waals surface area contributed by atoms with Crippen molar-refractivity contribution in [2.75, 3.05) is 11.4 Å². The molecule has 2 aromatic rings. The number of pyridine rings is 1. The number of nitrogens with zero attached hydrogens (tertiary/aromatic N) is 2. The molecule has 0 saturated heterocycles. The Hall–Kier alpha value is -1.87. The van der Waals surface area contributed by atoms with Crippen LogP contribution >= 0.6 is 0 Å². The van der Waals surface area contributed by atoms with Crippen LogP contribution in [0.15, 0.2) is 48.7 Å². The lowest BCUT2D eigenvalue weighted by molar-refractivity contribution is 0.675. The van der Waals surface area contributed by atoms with Gasteiger partial charge in [0, 0.05) is 18.3 Å². The molecule has 0 aliphatic carbocycles. The Kier molecular flexibility index (Phi) is 4.53. The van der Waals surface area contributed by atoms with E-state index in [0.29, 0.717) is 0 Å². The van der Waals surface area contributed by atoms with Gasteiger partial charge in [-0.25, -0.2) is 0 Å². The molecule has 100 valence electrons. The highest BCUT2D eigenvalue weighted by atomic mass is 15.1. The molecule has 1 heterocycles. The predicted molar refractivity (Wildman–Crippen MR) is 80.6 cm³/mol. The smallest absolute Gasteiger partial charge is 0.0597 e. The number of hydrogen-bond acceptors (Lipinski definition) is 3.